The molecule has 4 heteroatoms. The molecule has 0 bridgehead atoms. The maximum atomic E-state index is 11.2. The zero-order chi connectivity index (χ0) is 7.68. The highest BCUT2D eigenvalue weighted by molar-refractivity contribution is 6.38. The highest BCUT2D eigenvalue weighted by Crippen LogP contribution is 2.18. The molecule has 0 saturated heterocycles. The first kappa shape index (κ1) is 6.64. The van der Waals surface area contributed by atoms with Crippen molar-refractivity contribution in [2.45, 2.75) is 18.9 Å². The number of nitrogens with one attached hydrogen (secondary N) is 2. The lowest BCUT2D eigenvalue weighted by atomic mass is 10.5. The predicted octanol–water partition coefficient (Wildman–Crippen LogP) is -0.733. The van der Waals surface area contributed by atoms with Gasteiger partial charge < -0.3 is 10.6 Å². The molecule has 4 nitrogen and oxygen atoms in total. The number of rotatable bonds is 2. The SMILES string of the molecule is O=C(NC1CC1)C1=NCCN1. The number of amidine groups is 1. The van der Waals surface area contributed by atoms with Crippen LogP contribution >= 0.6 is 0 Å². The van der Waals surface area contributed by atoms with Crippen molar-refractivity contribution in [3.8, 4) is 0 Å². The van der Waals surface area contributed by atoms with Crippen LogP contribution in [0.25, 0.3) is 0 Å². The number of carbonyl (C=O) groups excluding carboxylic acids is 1. The molecule has 60 valence electrons. The third-order valence-corrected chi connectivity index (χ3v) is 1.80. The zero-order valence-corrected chi connectivity index (χ0v) is 6.26. The molecule has 1 amide bonds. The standard InChI is InChI=1S/C7H11N3O/c11-7(10-5-1-2-5)6-8-3-4-9-6/h5H,1-4H2,(H,8,9)(H,10,11). The molecule has 2 N–H and O–H groups in total. The molecule has 0 aromatic rings. The van der Waals surface area contributed by atoms with Gasteiger partial charge in [-0.1, -0.05) is 0 Å². The molecular weight excluding hydrogens is 142 g/mol. The van der Waals surface area contributed by atoms with Crippen LogP contribution < -0.4 is 10.6 Å². The molecule has 11 heavy (non-hydrogen) atoms. The van der Waals surface area contributed by atoms with Gasteiger partial charge in [0.1, 0.15) is 0 Å². The van der Waals surface area contributed by atoms with Crippen molar-refractivity contribution in [3.05, 3.63) is 0 Å². The van der Waals surface area contributed by atoms with Crippen LogP contribution in [-0.2, 0) is 4.79 Å². The monoisotopic (exact) mass is 153 g/mol. The normalized spacial score (nSPS) is 22.4. The second-order valence-electron chi connectivity index (χ2n) is 2.90. The van der Waals surface area contributed by atoms with Crippen molar-refractivity contribution < 1.29 is 4.79 Å². The third kappa shape index (κ3) is 1.50. The summed E-state index contributed by atoms with van der Waals surface area (Å²) in [6.07, 6.45) is 2.25. The fourth-order valence-corrected chi connectivity index (χ4v) is 1.03. The van der Waals surface area contributed by atoms with Gasteiger partial charge in [-0.25, -0.2) is 0 Å². The number of amides is 1. The van der Waals surface area contributed by atoms with Gasteiger partial charge in [0.2, 0.25) is 0 Å². The molecule has 0 aromatic heterocycles. The van der Waals surface area contributed by atoms with Crippen LogP contribution in [0, 0.1) is 0 Å². The molecular formula is C7H11N3O. The highest BCUT2D eigenvalue weighted by Gasteiger charge is 2.25. The Morgan fingerprint density at radius 1 is 1.64 bits per heavy atom. The molecule has 1 saturated carbocycles. The van der Waals surface area contributed by atoms with Gasteiger partial charge in [0.05, 0.1) is 6.54 Å². The van der Waals surface area contributed by atoms with Crippen molar-refractivity contribution in [2.24, 2.45) is 4.99 Å². The molecule has 0 radical (unpaired) electrons. The first-order valence-electron chi connectivity index (χ1n) is 3.95. The quantitative estimate of drug-likeness (QED) is 0.549. The minimum atomic E-state index is -0.0370. The number of hydrogen-bond donors (Lipinski definition) is 2. The van der Waals surface area contributed by atoms with Crippen molar-refractivity contribution >= 4 is 11.7 Å². The van der Waals surface area contributed by atoms with Crippen LogP contribution in [0.4, 0.5) is 0 Å². The summed E-state index contributed by atoms with van der Waals surface area (Å²) in [4.78, 5) is 15.2. The number of carbonyl (C=O) groups is 1. The topological polar surface area (TPSA) is 53.5 Å². The van der Waals surface area contributed by atoms with Gasteiger partial charge in [-0.2, -0.15) is 0 Å². The van der Waals surface area contributed by atoms with Gasteiger partial charge in [0.15, 0.2) is 5.84 Å². The highest BCUT2D eigenvalue weighted by atomic mass is 16.2. The van der Waals surface area contributed by atoms with Crippen LogP contribution in [0.5, 0.6) is 0 Å². The van der Waals surface area contributed by atoms with E-state index in [2.05, 4.69) is 15.6 Å². The van der Waals surface area contributed by atoms with E-state index in [4.69, 9.17) is 0 Å². The Kier molecular flexibility index (Phi) is 1.52. The molecule has 0 spiro atoms. The summed E-state index contributed by atoms with van der Waals surface area (Å²) in [5, 5.41) is 5.79. The van der Waals surface area contributed by atoms with Crippen molar-refractivity contribution in [3.63, 3.8) is 0 Å². The largest absolute Gasteiger partial charge is 0.364 e. The van der Waals surface area contributed by atoms with E-state index in [0.717, 1.165) is 25.9 Å². The lowest BCUT2D eigenvalue weighted by molar-refractivity contribution is -0.115. The smallest absolute Gasteiger partial charge is 0.286 e. The minimum Gasteiger partial charge on any atom is -0.364 e. The Labute approximate surface area is 65.1 Å². The number of nitrogens with zero attached hydrogens (tertiary/aromatic N) is 1. The van der Waals surface area contributed by atoms with Gasteiger partial charge in [0.25, 0.3) is 5.91 Å². The summed E-state index contributed by atoms with van der Waals surface area (Å²) in [6.45, 7) is 1.53. The fourth-order valence-electron chi connectivity index (χ4n) is 1.03. The Morgan fingerprint density at radius 2 is 2.45 bits per heavy atom. The average Bonchev–Trinajstić information content (AvgIpc) is 2.67. The minimum absolute atomic E-state index is 0.0370. The van der Waals surface area contributed by atoms with Crippen LogP contribution in [0.2, 0.25) is 0 Å². The van der Waals surface area contributed by atoms with E-state index in [1.165, 1.54) is 0 Å². The van der Waals surface area contributed by atoms with Gasteiger partial charge in [-0.05, 0) is 12.8 Å². The summed E-state index contributed by atoms with van der Waals surface area (Å²) in [6, 6.07) is 0.424. The molecule has 0 unspecified atom stereocenters. The van der Waals surface area contributed by atoms with Gasteiger partial charge in [0, 0.05) is 12.6 Å². The summed E-state index contributed by atoms with van der Waals surface area (Å²) in [7, 11) is 0. The molecule has 1 aliphatic heterocycles. The van der Waals surface area contributed by atoms with Gasteiger partial charge in [-0.15, -0.1) is 0 Å². The van der Waals surface area contributed by atoms with Crippen LogP contribution in [-0.4, -0.2) is 30.9 Å². The van der Waals surface area contributed by atoms with E-state index in [9.17, 15) is 4.79 Å². The lowest BCUT2D eigenvalue weighted by Crippen LogP contribution is -2.38. The summed E-state index contributed by atoms with van der Waals surface area (Å²) >= 11 is 0. The average molecular weight is 153 g/mol. The molecule has 1 aliphatic carbocycles. The first-order valence-corrected chi connectivity index (χ1v) is 3.95. The molecule has 1 heterocycles. The Bertz CT molecular complexity index is 208. The zero-order valence-electron chi connectivity index (χ0n) is 6.26. The van der Waals surface area contributed by atoms with E-state index in [1.54, 1.807) is 0 Å². The Balaban J connectivity index is 1.87. The fraction of sp³-hybridized carbons (Fsp3) is 0.714. The number of hydrogen-bond acceptors (Lipinski definition) is 3. The van der Waals surface area contributed by atoms with E-state index in [1.807, 2.05) is 0 Å². The van der Waals surface area contributed by atoms with Crippen molar-refractivity contribution in [1.29, 1.82) is 0 Å². The van der Waals surface area contributed by atoms with Crippen molar-refractivity contribution in [2.75, 3.05) is 13.1 Å². The van der Waals surface area contributed by atoms with Gasteiger partial charge in [-0.3, -0.25) is 9.79 Å². The van der Waals surface area contributed by atoms with Gasteiger partial charge >= 0.3 is 0 Å². The molecule has 0 atom stereocenters. The van der Waals surface area contributed by atoms with E-state index >= 15 is 0 Å². The second-order valence-corrected chi connectivity index (χ2v) is 2.90. The van der Waals surface area contributed by atoms with Crippen molar-refractivity contribution in [1.82, 2.24) is 10.6 Å². The van der Waals surface area contributed by atoms with E-state index in [0.29, 0.717) is 11.9 Å². The second kappa shape index (κ2) is 2.53. The number of aliphatic imine (C=N–C) groups is 1. The first-order chi connectivity index (χ1) is 5.36. The Morgan fingerprint density at radius 3 is 3.00 bits per heavy atom. The third-order valence-electron chi connectivity index (χ3n) is 1.80. The maximum Gasteiger partial charge on any atom is 0.286 e. The van der Waals surface area contributed by atoms with E-state index in [-0.39, 0.29) is 5.91 Å². The predicted molar refractivity (Wildman–Crippen MR) is 41.5 cm³/mol. The van der Waals surface area contributed by atoms with Crippen LogP contribution in [0.3, 0.4) is 0 Å². The van der Waals surface area contributed by atoms with E-state index < -0.39 is 0 Å². The van der Waals surface area contributed by atoms with Crippen LogP contribution in [0.1, 0.15) is 12.8 Å². The molecule has 0 aromatic carbocycles. The lowest BCUT2D eigenvalue weighted by Gasteiger charge is -2.01. The summed E-state index contributed by atoms with van der Waals surface area (Å²) in [5.74, 6) is 0.474. The summed E-state index contributed by atoms with van der Waals surface area (Å²) < 4.78 is 0. The molecule has 2 rings (SSSR count). The molecule has 1 fully saturated rings. The maximum absolute atomic E-state index is 11.2. The molecule has 2 aliphatic rings. The summed E-state index contributed by atoms with van der Waals surface area (Å²) in [5.41, 5.74) is 0. The Hall–Kier alpha value is -1.06. The van der Waals surface area contributed by atoms with Crippen LogP contribution in [0.15, 0.2) is 4.99 Å².